The predicted molar refractivity (Wildman–Crippen MR) is 62.8 cm³/mol. The highest BCUT2D eigenvalue weighted by Gasteiger charge is 2.17. The summed E-state index contributed by atoms with van der Waals surface area (Å²) in [5.41, 5.74) is -0.967. The largest absolute Gasteiger partial charge is 0.475 e. The van der Waals surface area contributed by atoms with Gasteiger partial charge in [0.1, 0.15) is 0 Å². The van der Waals surface area contributed by atoms with Crippen molar-refractivity contribution >= 4 is 17.1 Å². The lowest BCUT2D eigenvalue weighted by atomic mass is 10.4. The van der Waals surface area contributed by atoms with Crippen LogP contribution < -0.4 is 11.2 Å². The first kappa shape index (κ1) is 12.1. The number of aromatic nitrogens is 4. The molecule has 0 radical (unpaired) electrons. The lowest BCUT2D eigenvalue weighted by Gasteiger charge is -2.06. The Kier molecular flexibility index (Phi) is 2.77. The van der Waals surface area contributed by atoms with Gasteiger partial charge >= 0.3 is 11.7 Å². The van der Waals surface area contributed by atoms with Crippen LogP contribution in [-0.4, -0.2) is 30.2 Å². The molecular weight excluding hydrogens is 240 g/mol. The van der Waals surface area contributed by atoms with Gasteiger partial charge in [0.05, 0.1) is 0 Å². The minimum Gasteiger partial charge on any atom is -0.475 e. The van der Waals surface area contributed by atoms with Gasteiger partial charge < -0.3 is 10.1 Å². The SMILES string of the molecule is CCCn1c(=O)n(C)c(=O)c2[nH]c(C(=O)O)nc21. The van der Waals surface area contributed by atoms with E-state index < -0.39 is 17.2 Å². The normalized spacial score (nSPS) is 11.0. The van der Waals surface area contributed by atoms with E-state index in [1.165, 1.54) is 11.6 Å². The monoisotopic (exact) mass is 252 g/mol. The number of carboxylic acids is 1. The first-order valence-corrected chi connectivity index (χ1v) is 5.40. The molecule has 0 spiro atoms. The fraction of sp³-hybridized carbons (Fsp3) is 0.400. The molecule has 8 heteroatoms. The molecule has 96 valence electrons. The smallest absolute Gasteiger partial charge is 0.371 e. The van der Waals surface area contributed by atoms with Crippen molar-refractivity contribution in [1.82, 2.24) is 19.1 Å². The number of nitrogens with one attached hydrogen (secondary N) is 1. The van der Waals surface area contributed by atoms with Gasteiger partial charge in [-0.3, -0.25) is 13.9 Å². The summed E-state index contributed by atoms with van der Waals surface area (Å²) in [7, 11) is 1.34. The second-order valence-electron chi connectivity index (χ2n) is 3.89. The summed E-state index contributed by atoms with van der Waals surface area (Å²) in [4.78, 5) is 40.8. The molecule has 0 aliphatic rings. The molecule has 18 heavy (non-hydrogen) atoms. The number of carbonyl (C=O) groups is 1. The number of fused-ring (bicyclic) bond motifs is 1. The third kappa shape index (κ3) is 1.62. The van der Waals surface area contributed by atoms with E-state index in [1.54, 1.807) is 0 Å². The van der Waals surface area contributed by atoms with Crippen molar-refractivity contribution in [2.45, 2.75) is 19.9 Å². The van der Waals surface area contributed by atoms with Crippen LogP contribution in [0.4, 0.5) is 0 Å². The Morgan fingerprint density at radius 1 is 1.44 bits per heavy atom. The Hall–Kier alpha value is -2.38. The molecule has 0 fully saturated rings. The number of imidazole rings is 1. The van der Waals surface area contributed by atoms with E-state index in [-0.39, 0.29) is 17.0 Å². The standard InChI is InChI=1S/C10H12N4O4/c1-3-4-14-7-5(8(15)13(2)10(14)18)11-6(12-7)9(16)17/h3-4H2,1-2H3,(H,11,12)(H,16,17). The molecular formula is C10H12N4O4. The van der Waals surface area contributed by atoms with Crippen LogP contribution >= 0.6 is 0 Å². The Balaban J connectivity index is 2.93. The van der Waals surface area contributed by atoms with Crippen molar-refractivity contribution in [2.24, 2.45) is 7.05 Å². The van der Waals surface area contributed by atoms with Crippen LogP contribution in [0.3, 0.4) is 0 Å². The maximum Gasteiger partial charge on any atom is 0.371 e. The van der Waals surface area contributed by atoms with Crippen molar-refractivity contribution < 1.29 is 9.90 Å². The van der Waals surface area contributed by atoms with Crippen molar-refractivity contribution in [3.05, 3.63) is 26.7 Å². The Bertz CT molecular complexity index is 737. The zero-order valence-corrected chi connectivity index (χ0v) is 9.93. The number of H-pyrrole nitrogens is 1. The molecule has 0 bridgehead atoms. The fourth-order valence-electron chi connectivity index (χ4n) is 1.76. The topological polar surface area (TPSA) is 110 Å². The molecule has 0 amide bonds. The number of hydrogen-bond acceptors (Lipinski definition) is 4. The molecule has 2 N–H and O–H groups in total. The van der Waals surface area contributed by atoms with Gasteiger partial charge in [-0.2, -0.15) is 0 Å². The van der Waals surface area contributed by atoms with Crippen LogP contribution in [0.2, 0.25) is 0 Å². The zero-order valence-electron chi connectivity index (χ0n) is 9.93. The summed E-state index contributed by atoms with van der Waals surface area (Å²) in [5, 5.41) is 8.85. The van der Waals surface area contributed by atoms with E-state index in [0.717, 1.165) is 4.57 Å². The average Bonchev–Trinajstić information content (AvgIpc) is 2.77. The lowest BCUT2D eigenvalue weighted by Crippen LogP contribution is -2.38. The summed E-state index contributed by atoms with van der Waals surface area (Å²) < 4.78 is 2.22. The highest BCUT2D eigenvalue weighted by atomic mass is 16.4. The van der Waals surface area contributed by atoms with E-state index in [0.29, 0.717) is 13.0 Å². The molecule has 2 aromatic heterocycles. The number of aryl methyl sites for hydroxylation is 1. The highest BCUT2D eigenvalue weighted by Crippen LogP contribution is 2.05. The van der Waals surface area contributed by atoms with Crippen LogP contribution in [-0.2, 0) is 13.6 Å². The minimum atomic E-state index is -1.27. The summed E-state index contributed by atoms with van der Waals surface area (Å²) >= 11 is 0. The molecule has 0 aliphatic carbocycles. The summed E-state index contributed by atoms with van der Waals surface area (Å²) in [6.07, 6.45) is 0.669. The van der Waals surface area contributed by atoms with Gasteiger partial charge in [0.15, 0.2) is 11.2 Å². The number of aromatic amines is 1. The predicted octanol–water partition coefficient (Wildman–Crippen LogP) is -0.469. The quantitative estimate of drug-likeness (QED) is 0.767. The Morgan fingerprint density at radius 3 is 2.67 bits per heavy atom. The number of rotatable bonds is 3. The van der Waals surface area contributed by atoms with E-state index in [9.17, 15) is 14.4 Å². The third-order valence-electron chi connectivity index (χ3n) is 2.63. The molecule has 0 saturated heterocycles. The first-order valence-electron chi connectivity index (χ1n) is 5.40. The van der Waals surface area contributed by atoms with Crippen molar-refractivity contribution in [3.63, 3.8) is 0 Å². The molecule has 0 atom stereocenters. The van der Waals surface area contributed by atoms with Crippen LogP contribution in [0.1, 0.15) is 24.0 Å². The zero-order chi connectivity index (χ0) is 13.4. The van der Waals surface area contributed by atoms with E-state index in [1.807, 2.05) is 6.92 Å². The summed E-state index contributed by atoms with van der Waals surface area (Å²) in [5.74, 6) is -1.62. The molecule has 0 unspecified atom stereocenters. The van der Waals surface area contributed by atoms with E-state index in [4.69, 9.17) is 5.11 Å². The maximum absolute atomic E-state index is 11.9. The van der Waals surface area contributed by atoms with Crippen LogP contribution in [0.5, 0.6) is 0 Å². The van der Waals surface area contributed by atoms with Crippen molar-refractivity contribution in [2.75, 3.05) is 0 Å². The molecule has 0 aliphatic heterocycles. The molecule has 8 nitrogen and oxygen atoms in total. The number of aromatic carboxylic acids is 1. The maximum atomic E-state index is 11.9. The molecule has 2 rings (SSSR count). The molecule has 0 saturated carbocycles. The molecule has 2 heterocycles. The third-order valence-corrected chi connectivity index (χ3v) is 2.63. The van der Waals surface area contributed by atoms with Crippen LogP contribution in [0, 0.1) is 0 Å². The Labute approximate surface area is 101 Å². The first-order chi connectivity index (χ1) is 8.47. The average molecular weight is 252 g/mol. The molecule has 2 aromatic rings. The summed E-state index contributed by atoms with van der Waals surface area (Å²) in [6, 6.07) is 0. The van der Waals surface area contributed by atoms with Gasteiger partial charge in [0.25, 0.3) is 5.56 Å². The highest BCUT2D eigenvalue weighted by molar-refractivity contribution is 5.87. The van der Waals surface area contributed by atoms with Crippen molar-refractivity contribution in [3.8, 4) is 0 Å². The van der Waals surface area contributed by atoms with E-state index in [2.05, 4.69) is 9.97 Å². The second-order valence-corrected chi connectivity index (χ2v) is 3.89. The van der Waals surface area contributed by atoms with E-state index >= 15 is 0 Å². The van der Waals surface area contributed by atoms with Gasteiger partial charge in [-0.25, -0.2) is 14.6 Å². The van der Waals surface area contributed by atoms with Crippen LogP contribution in [0.15, 0.2) is 9.59 Å². The van der Waals surface area contributed by atoms with Crippen LogP contribution in [0.25, 0.3) is 11.2 Å². The molecule has 0 aromatic carbocycles. The van der Waals surface area contributed by atoms with Crippen molar-refractivity contribution in [1.29, 1.82) is 0 Å². The van der Waals surface area contributed by atoms with Gasteiger partial charge in [-0.15, -0.1) is 0 Å². The second kappa shape index (κ2) is 4.13. The van der Waals surface area contributed by atoms with Gasteiger partial charge in [0.2, 0.25) is 5.82 Å². The number of carboxylic acid groups (broad SMARTS) is 1. The number of nitrogens with zero attached hydrogens (tertiary/aromatic N) is 3. The fourth-order valence-corrected chi connectivity index (χ4v) is 1.76. The van der Waals surface area contributed by atoms with Gasteiger partial charge in [-0.1, -0.05) is 6.92 Å². The lowest BCUT2D eigenvalue weighted by molar-refractivity contribution is 0.0685. The van der Waals surface area contributed by atoms with Gasteiger partial charge in [0, 0.05) is 13.6 Å². The van der Waals surface area contributed by atoms with Gasteiger partial charge in [-0.05, 0) is 6.42 Å². The Morgan fingerprint density at radius 2 is 2.11 bits per heavy atom. The number of hydrogen-bond donors (Lipinski definition) is 2. The minimum absolute atomic E-state index is 0.0305. The summed E-state index contributed by atoms with van der Waals surface area (Å²) in [6.45, 7) is 2.24.